The van der Waals surface area contributed by atoms with Crippen LogP contribution in [0.4, 0.5) is 5.69 Å². The summed E-state index contributed by atoms with van der Waals surface area (Å²) in [6, 6.07) is 26.1. The van der Waals surface area contributed by atoms with E-state index in [1.165, 1.54) is 37.3 Å². The van der Waals surface area contributed by atoms with Gasteiger partial charge in [-0.05, 0) is 72.5 Å². The Morgan fingerprint density at radius 1 is 0.840 bits per heavy atom. The second-order valence-corrected chi connectivity index (χ2v) is 14.3. The number of nitrogens with one attached hydrogen (secondary N) is 1. The first-order chi connectivity index (χ1) is 24.0. The van der Waals surface area contributed by atoms with Gasteiger partial charge < -0.3 is 24.4 Å². The summed E-state index contributed by atoms with van der Waals surface area (Å²) in [5.41, 5.74) is 1.74. The molecule has 4 rings (SSSR count). The molecule has 4 aromatic carbocycles. The zero-order chi connectivity index (χ0) is 36.3. The Kier molecular flexibility index (Phi) is 13.5. The lowest BCUT2D eigenvalue weighted by Crippen LogP contribution is -2.53. The number of hydrogen-bond donors (Lipinski definition) is 1. The zero-order valence-corrected chi connectivity index (χ0v) is 30.5. The predicted molar refractivity (Wildman–Crippen MR) is 195 cm³/mol. The van der Waals surface area contributed by atoms with E-state index in [4.69, 9.17) is 25.8 Å². The fourth-order valence-corrected chi connectivity index (χ4v) is 6.96. The van der Waals surface area contributed by atoms with Gasteiger partial charge in [0.25, 0.3) is 10.0 Å². The Morgan fingerprint density at radius 3 is 2.14 bits per heavy atom. The molecule has 4 aromatic rings. The number of nitrogens with zero attached hydrogens (tertiary/aromatic N) is 2. The highest BCUT2D eigenvalue weighted by Crippen LogP contribution is 2.33. The van der Waals surface area contributed by atoms with Crippen molar-refractivity contribution in [3.63, 3.8) is 0 Å². The zero-order valence-electron chi connectivity index (χ0n) is 29.0. The van der Waals surface area contributed by atoms with Crippen molar-refractivity contribution in [3.8, 4) is 17.2 Å². The average molecular weight is 722 g/mol. The van der Waals surface area contributed by atoms with Crippen molar-refractivity contribution in [2.75, 3.05) is 38.2 Å². The normalized spacial score (nSPS) is 11.8. The molecule has 0 heterocycles. The highest BCUT2D eigenvalue weighted by atomic mass is 35.5. The van der Waals surface area contributed by atoms with Crippen molar-refractivity contribution in [1.29, 1.82) is 0 Å². The van der Waals surface area contributed by atoms with Crippen molar-refractivity contribution in [1.82, 2.24) is 10.2 Å². The molecule has 0 saturated heterocycles. The van der Waals surface area contributed by atoms with Crippen LogP contribution in [0.25, 0.3) is 0 Å². The van der Waals surface area contributed by atoms with Crippen LogP contribution in [0.3, 0.4) is 0 Å². The number of rotatable bonds is 17. The van der Waals surface area contributed by atoms with Crippen molar-refractivity contribution in [2.45, 2.75) is 44.7 Å². The van der Waals surface area contributed by atoms with E-state index in [2.05, 4.69) is 5.32 Å². The number of hydrogen-bond acceptors (Lipinski definition) is 7. The van der Waals surface area contributed by atoms with Gasteiger partial charge in [0, 0.05) is 30.6 Å². The summed E-state index contributed by atoms with van der Waals surface area (Å²) in [7, 11) is -1.52. The maximum atomic E-state index is 14.7. The molecule has 1 unspecified atom stereocenters. The Balaban J connectivity index is 1.83. The van der Waals surface area contributed by atoms with Gasteiger partial charge >= 0.3 is 0 Å². The first-order valence-electron chi connectivity index (χ1n) is 16.3. The van der Waals surface area contributed by atoms with Crippen LogP contribution in [0, 0.1) is 5.92 Å². The highest BCUT2D eigenvalue weighted by Gasteiger charge is 2.35. The average Bonchev–Trinajstić information content (AvgIpc) is 3.11. The van der Waals surface area contributed by atoms with Crippen molar-refractivity contribution >= 4 is 39.1 Å². The molecule has 0 aliphatic rings. The molecule has 0 fully saturated rings. The first kappa shape index (κ1) is 38.1. The molecule has 1 N–H and O–H groups in total. The van der Waals surface area contributed by atoms with Gasteiger partial charge in [-0.25, -0.2) is 8.42 Å². The summed E-state index contributed by atoms with van der Waals surface area (Å²) in [5, 5.41) is 3.45. The number of sulfonamides is 1. The molecule has 0 aliphatic heterocycles. The third-order valence-corrected chi connectivity index (χ3v) is 9.86. The first-order valence-corrected chi connectivity index (χ1v) is 18.1. The third kappa shape index (κ3) is 9.92. The lowest BCUT2D eigenvalue weighted by molar-refractivity contribution is -0.140. The molecule has 10 nitrogen and oxygen atoms in total. The van der Waals surface area contributed by atoms with Crippen LogP contribution in [0.5, 0.6) is 17.2 Å². The van der Waals surface area contributed by atoms with Gasteiger partial charge in [0.1, 0.15) is 18.3 Å². The molecule has 266 valence electrons. The quantitative estimate of drug-likeness (QED) is 0.135. The molecule has 2 amide bonds. The topological polar surface area (TPSA) is 114 Å². The van der Waals surface area contributed by atoms with E-state index in [9.17, 15) is 18.0 Å². The van der Waals surface area contributed by atoms with Crippen molar-refractivity contribution in [3.05, 3.63) is 113 Å². The number of carbonyl (C=O) groups excluding carboxylic acids is 2. The second-order valence-electron chi connectivity index (χ2n) is 12.0. The molecule has 0 bridgehead atoms. The van der Waals surface area contributed by atoms with Gasteiger partial charge in [-0.1, -0.05) is 67.9 Å². The minimum Gasteiger partial charge on any atom is -0.494 e. The molecule has 0 aromatic heterocycles. The second kappa shape index (κ2) is 17.8. The molecule has 0 radical (unpaired) electrons. The van der Waals surface area contributed by atoms with Crippen molar-refractivity contribution in [2.24, 2.45) is 5.92 Å². The summed E-state index contributed by atoms with van der Waals surface area (Å²) in [6.07, 6.45) is 0.197. The molecule has 0 aliphatic carbocycles. The summed E-state index contributed by atoms with van der Waals surface area (Å²) in [6.45, 7) is 6.01. The molecule has 0 saturated carbocycles. The van der Waals surface area contributed by atoms with Crippen LogP contribution in [0.15, 0.2) is 102 Å². The fraction of sp³-hybridized carbons (Fsp3) is 0.316. The van der Waals surface area contributed by atoms with E-state index in [1.807, 2.05) is 57.2 Å². The molecule has 50 heavy (non-hydrogen) atoms. The highest BCUT2D eigenvalue weighted by molar-refractivity contribution is 7.92. The van der Waals surface area contributed by atoms with Crippen LogP contribution in [-0.2, 0) is 32.6 Å². The number of benzene rings is 4. The molecular weight excluding hydrogens is 678 g/mol. The van der Waals surface area contributed by atoms with E-state index < -0.39 is 28.5 Å². The Bertz CT molecular complexity index is 1840. The largest absolute Gasteiger partial charge is 0.494 e. The van der Waals surface area contributed by atoms with Gasteiger partial charge in [0.05, 0.1) is 31.4 Å². The maximum Gasteiger partial charge on any atom is 0.264 e. The number of halogens is 1. The van der Waals surface area contributed by atoms with Gasteiger partial charge in [-0.15, -0.1) is 0 Å². The number of methoxy groups -OCH3 is 2. The smallest absolute Gasteiger partial charge is 0.264 e. The number of anilines is 1. The van der Waals surface area contributed by atoms with E-state index in [-0.39, 0.29) is 41.1 Å². The van der Waals surface area contributed by atoms with Gasteiger partial charge in [-0.3, -0.25) is 13.9 Å². The van der Waals surface area contributed by atoms with E-state index in [1.54, 1.807) is 42.5 Å². The third-order valence-electron chi connectivity index (χ3n) is 7.86. The standard InChI is InChI=1S/C38H44ClN3O7S/c1-6-49-32-17-15-31(16-18-32)42(50(45,46)33-19-20-35(47-4)36(23-33)48-5)26-37(43)41(25-29-13-10-14-30(39)21-29)34(38(44)40-24-27(2)3)22-28-11-8-7-9-12-28/h7-21,23,27,34H,6,22,24-26H2,1-5H3,(H,40,44). The Hall–Kier alpha value is -4.74. The van der Waals surface area contributed by atoms with E-state index in [0.717, 1.165) is 9.87 Å². The Morgan fingerprint density at radius 2 is 1.52 bits per heavy atom. The maximum absolute atomic E-state index is 14.7. The number of amides is 2. The Labute approximate surface area is 300 Å². The van der Waals surface area contributed by atoms with Crippen molar-refractivity contribution < 1.29 is 32.2 Å². The van der Waals surface area contributed by atoms with Gasteiger partial charge in [-0.2, -0.15) is 0 Å². The molecule has 1 atom stereocenters. The SMILES string of the molecule is CCOc1ccc(N(CC(=O)N(Cc2cccc(Cl)c2)C(Cc2ccccc2)C(=O)NCC(C)C)S(=O)(=O)c2ccc(OC)c(OC)c2)cc1. The summed E-state index contributed by atoms with van der Waals surface area (Å²) >= 11 is 6.34. The number of carbonyl (C=O) groups is 2. The monoisotopic (exact) mass is 721 g/mol. The van der Waals surface area contributed by atoms with Crippen LogP contribution in [0.1, 0.15) is 31.9 Å². The fourth-order valence-electron chi connectivity index (χ4n) is 5.32. The minimum atomic E-state index is -4.38. The lowest BCUT2D eigenvalue weighted by Gasteiger charge is -2.34. The molecule has 12 heteroatoms. The predicted octanol–water partition coefficient (Wildman–Crippen LogP) is 6.36. The van der Waals surface area contributed by atoms with Crippen LogP contribution in [0.2, 0.25) is 5.02 Å². The summed E-state index contributed by atoms with van der Waals surface area (Å²) in [4.78, 5) is 30.0. The summed E-state index contributed by atoms with van der Waals surface area (Å²) in [5.74, 6) is 0.309. The number of ether oxygens (including phenoxy) is 3. The van der Waals surface area contributed by atoms with Gasteiger partial charge in [0.15, 0.2) is 11.5 Å². The van der Waals surface area contributed by atoms with E-state index >= 15 is 0 Å². The molecule has 0 spiro atoms. The molecular formula is C38H44ClN3O7S. The van der Waals surface area contributed by atoms with Crippen LogP contribution < -0.4 is 23.8 Å². The van der Waals surface area contributed by atoms with Crippen LogP contribution in [-0.4, -0.2) is 65.1 Å². The van der Waals surface area contributed by atoms with Gasteiger partial charge in [0.2, 0.25) is 11.8 Å². The minimum absolute atomic E-state index is 0.000480. The van der Waals surface area contributed by atoms with Crippen LogP contribution >= 0.6 is 11.6 Å². The lowest BCUT2D eigenvalue weighted by atomic mass is 10.0. The summed E-state index contributed by atoms with van der Waals surface area (Å²) < 4.78 is 46.3. The van der Waals surface area contributed by atoms with E-state index in [0.29, 0.717) is 35.2 Å².